The molecular weight excluding hydrogens is 455 g/mol. The van der Waals surface area contributed by atoms with E-state index >= 15 is 0 Å². The number of fused-ring (bicyclic) bond motifs is 1. The third kappa shape index (κ3) is 4.44. The van der Waals surface area contributed by atoms with E-state index in [2.05, 4.69) is 21.3 Å². The highest BCUT2D eigenvalue weighted by Gasteiger charge is 2.22. The molecule has 0 radical (unpaired) electrons. The molecule has 1 aliphatic heterocycles. The fourth-order valence-electron chi connectivity index (χ4n) is 4.05. The van der Waals surface area contributed by atoms with E-state index in [-0.39, 0.29) is 24.0 Å². The molecule has 1 atom stereocenters. The van der Waals surface area contributed by atoms with Gasteiger partial charge >= 0.3 is 0 Å². The Morgan fingerprint density at radius 2 is 1.97 bits per heavy atom. The predicted octanol–water partition coefficient (Wildman–Crippen LogP) is 3.79. The Labute approximate surface area is 199 Å². The Morgan fingerprint density at radius 1 is 1.15 bits per heavy atom. The molecule has 0 N–H and O–H groups in total. The van der Waals surface area contributed by atoms with Gasteiger partial charge in [0.15, 0.2) is 11.0 Å². The SMILES string of the molecule is N#CCn1c(CSc2nnc(-c3ccc(F)cc3)n2CC2CCCO2)nc2ccccc2c1=O. The summed E-state index contributed by atoms with van der Waals surface area (Å²) < 4.78 is 22.7. The summed E-state index contributed by atoms with van der Waals surface area (Å²) in [6.07, 6.45) is 1.99. The van der Waals surface area contributed by atoms with E-state index in [0.29, 0.717) is 40.0 Å². The molecule has 0 aliphatic carbocycles. The molecule has 34 heavy (non-hydrogen) atoms. The summed E-state index contributed by atoms with van der Waals surface area (Å²) in [5.74, 6) is 1.12. The van der Waals surface area contributed by atoms with Crippen LogP contribution < -0.4 is 5.56 Å². The number of hydrogen-bond donors (Lipinski definition) is 0. The number of aromatic nitrogens is 5. The smallest absolute Gasteiger partial charge is 0.262 e. The topological polar surface area (TPSA) is 98.6 Å². The number of benzene rings is 2. The number of para-hydroxylation sites is 1. The van der Waals surface area contributed by atoms with Crippen LogP contribution in [0.25, 0.3) is 22.3 Å². The Bertz CT molecular complexity index is 1420. The standard InChI is InChI=1S/C24H21FN6O2S/c25-17-9-7-16(8-10-17)22-28-29-24(31(22)14-18-4-3-13-33-18)34-15-21-27-20-6-2-1-5-19(20)23(32)30(21)12-11-26/h1-2,5-10,18H,3-4,12-15H2. The van der Waals surface area contributed by atoms with Crippen LogP contribution in [-0.4, -0.2) is 37.0 Å². The molecule has 2 aromatic carbocycles. The minimum Gasteiger partial charge on any atom is -0.376 e. The molecule has 3 heterocycles. The molecule has 8 nitrogen and oxygen atoms in total. The first-order valence-electron chi connectivity index (χ1n) is 10.9. The molecule has 4 aromatic rings. The second kappa shape index (κ2) is 9.75. The Hall–Kier alpha value is -3.55. The first-order chi connectivity index (χ1) is 16.6. The zero-order valence-corrected chi connectivity index (χ0v) is 19.0. The number of thioether (sulfide) groups is 1. The normalized spacial score (nSPS) is 15.6. The number of ether oxygens (including phenoxy) is 1. The molecule has 0 spiro atoms. The number of nitrogens with zero attached hydrogens (tertiary/aromatic N) is 6. The quantitative estimate of drug-likeness (QED) is 0.374. The van der Waals surface area contributed by atoms with E-state index in [9.17, 15) is 14.4 Å². The van der Waals surface area contributed by atoms with Gasteiger partial charge in [0.2, 0.25) is 0 Å². The average molecular weight is 477 g/mol. The van der Waals surface area contributed by atoms with Crippen LogP contribution in [-0.2, 0) is 23.6 Å². The van der Waals surface area contributed by atoms with Gasteiger partial charge in [-0.25, -0.2) is 9.37 Å². The van der Waals surface area contributed by atoms with Gasteiger partial charge < -0.3 is 4.74 Å². The number of rotatable bonds is 7. The third-order valence-electron chi connectivity index (χ3n) is 5.73. The van der Waals surface area contributed by atoms with Crippen molar-refractivity contribution in [1.82, 2.24) is 24.3 Å². The summed E-state index contributed by atoms with van der Waals surface area (Å²) in [7, 11) is 0. The summed E-state index contributed by atoms with van der Waals surface area (Å²) >= 11 is 1.39. The predicted molar refractivity (Wildman–Crippen MR) is 126 cm³/mol. The van der Waals surface area contributed by atoms with E-state index in [1.807, 2.05) is 10.6 Å². The Balaban J connectivity index is 1.49. The van der Waals surface area contributed by atoms with Gasteiger partial charge in [-0.15, -0.1) is 10.2 Å². The van der Waals surface area contributed by atoms with Crippen LogP contribution >= 0.6 is 11.8 Å². The molecule has 1 fully saturated rings. The molecule has 0 saturated carbocycles. The van der Waals surface area contributed by atoms with Crippen LogP contribution in [0.5, 0.6) is 0 Å². The summed E-state index contributed by atoms with van der Waals surface area (Å²) in [4.78, 5) is 17.6. The molecule has 1 unspecified atom stereocenters. The van der Waals surface area contributed by atoms with Gasteiger partial charge in [-0.05, 0) is 49.2 Å². The first kappa shape index (κ1) is 22.3. The van der Waals surface area contributed by atoms with E-state index in [4.69, 9.17) is 4.74 Å². The lowest BCUT2D eigenvalue weighted by atomic mass is 10.2. The number of hydrogen-bond acceptors (Lipinski definition) is 7. The molecule has 172 valence electrons. The van der Waals surface area contributed by atoms with Gasteiger partial charge in [-0.1, -0.05) is 23.9 Å². The molecule has 10 heteroatoms. The van der Waals surface area contributed by atoms with Crippen molar-refractivity contribution in [1.29, 1.82) is 5.26 Å². The summed E-state index contributed by atoms with van der Waals surface area (Å²) in [5, 5.41) is 19.1. The van der Waals surface area contributed by atoms with Crippen molar-refractivity contribution in [3.8, 4) is 17.5 Å². The van der Waals surface area contributed by atoms with Crippen LogP contribution in [0.3, 0.4) is 0 Å². The molecule has 5 rings (SSSR count). The molecule has 1 saturated heterocycles. The van der Waals surface area contributed by atoms with Gasteiger partial charge in [0, 0.05) is 12.2 Å². The summed E-state index contributed by atoms with van der Waals surface area (Å²) in [6.45, 7) is 1.21. The van der Waals surface area contributed by atoms with Crippen molar-refractivity contribution in [2.45, 2.75) is 42.9 Å². The summed E-state index contributed by atoms with van der Waals surface area (Å²) in [6, 6.07) is 15.3. The van der Waals surface area contributed by atoms with Gasteiger partial charge in [0.05, 0.1) is 35.4 Å². The highest BCUT2D eigenvalue weighted by molar-refractivity contribution is 7.98. The average Bonchev–Trinajstić information content (AvgIpc) is 3.51. The lowest BCUT2D eigenvalue weighted by Gasteiger charge is -2.15. The highest BCUT2D eigenvalue weighted by atomic mass is 32.2. The van der Waals surface area contributed by atoms with Crippen LogP contribution in [0.15, 0.2) is 58.5 Å². The Kier molecular flexibility index (Phi) is 6.38. The maximum Gasteiger partial charge on any atom is 0.262 e. The van der Waals surface area contributed by atoms with Crippen LogP contribution in [0.1, 0.15) is 18.7 Å². The minimum atomic E-state index is -0.318. The second-order valence-corrected chi connectivity index (χ2v) is 8.88. The molecule has 1 aliphatic rings. The minimum absolute atomic E-state index is 0.0464. The van der Waals surface area contributed by atoms with Crippen molar-refractivity contribution in [3.05, 3.63) is 70.5 Å². The third-order valence-corrected chi connectivity index (χ3v) is 6.69. The maximum absolute atomic E-state index is 13.5. The van der Waals surface area contributed by atoms with Gasteiger partial charge in [0.25, 0.3) is 5.56 Å². The van der Waals surface area contributed by atoms with Crippen molar-refractivity contribution >= 4 is 22.7 Å². The molecule has 0 bridgehead atoms. The Morgan fingerprint density at radius 3 is 2.74 bits per heavy atom. The highest BCUT2D eigenvalue weighted by Crippen LogP contribution is 2.28. The molecule has 2 aromatic heterocycles. The van der Waals surface area contributed by atoms with Crippen LogP contribution in [0.2, 0.25) is 0 Å². The first-order valence-corrected chi connectivity index (χ1v) is 11.9. The van der Waals surface area contributed by atoms with E-state index in [0.717, 1.165) is 25.0 Å². The van der Waals surface area contributed by atoms with Crippen molar-refractivity contribution in [3.63, 3.8) is 0 Å². The monoisotopic (exact) mass is 476 g/mol. The molecule has 0 amide bonds. The van der Waals surface area contributed by atoms with Crippen LogP contribution in [0, 0.1) is 17.1 Å². The number of halogens is 1. The van der Waals surface area contributed by atoms with Crippen molar-refractivity contribution < 1.29 is 9.13 Å². The molecular formula is C24H21FN6O2S. The largest absolute Gasteiger partial charge is 0.376 e. The van der Waals surface area contributed by atoms with Crippen molar-refractivity contribution in [2.24, 2.45) is 0 Å². The number of nitriles is 1. The second-order valence-electron chi connectivity index (χ2n) is 7.94. The lowest BCUT2D eigenvalue weighted by Crippen LogP contribution is -2.24. The zero-order valence-electron chi connectivity index (χ0n) is 18.2. The van der Waals surface area contributed by atoms with Gasteiger partial charge in [-0.3, -0.25) is 13.9 Å². The van der Waals surface area contributed by atoms with Gasteiger partial charge in [0.1, 0.15) is 18.2 Å². The van der Waals surface area contributed by atoms with Crippen molar-refractivity contribution in [2.75, 3.05) is 6.61 Å². The van der Waals surface area contributed by atoms with E-state index in [1.54, 1.807) is 30.3 Å². The van der Waals surface area contributed by atoms with E-state index in [1.165, 1.54) is 28.5 Å². The lowest BCUT2D eigenvalue weighted by molar-refractivity contribution is 0.0953. The maximum atomic E-state index is 13.5. The summed E-state index contributed by atoms with van der Waals surface area (Å²) in [5.41, 5.74) is 1.10. The van der Waals surface area contributed by atoms with E-state index < -0.39 is 0 Å². The fourth-order valence-corrected chi connectivity index (χ4v) is 4.95. The zero-order chi connectivity index (χ0) is 23.5. The van der Waals surface area contributed by atoms with Crippen LogP contribution in [0.4, 0.5) is 4.39 Å². The fraction of sp³-hybridized carbons (Fsp3) is 0.292. The van der Waals surface area contributed by atoms with Gasteiger partial charge in [-0.2, -0.15) is 5.26 Å².